The van der Waals surface area contributed by atoms with Crippen LogP contribution in [0.5, 0.6) is 5.75 Å². The molecule has 29 heavy (non-hydrogen) atoms. The minimum Gasteiger partial charge on any atom is -0.508 e. The van der Waals surface area contributed by atoms with Crippen molar-refractivity contribution in [2.75, 3.05) is 19.8 Å². The summed E-state index contributed by atoms with van der Waals surface area (Å²) in [5.41, 5.74) is 2.42. The molecule has 1 aliphatic heterocycles. The van der Waals surface area contributed by atoms with Crippen LogP contribution >= 0.6 is 0 Å². The van der Waals surface area contributed by atoms with E-state index in [9.17, 15) is 19.4 Å². The summed E-state index contributed by atoms with van der Waals surface area (Å²) in [5.74, 6) is -0.183. The Labute approximate surface area is 168 Å². The largest absolute Gasteiger partial charge is 0.508 e. The molecule has 0 spiro atoms. The minimum absolute atomic E-state index is 0.0205. The number of phenols is 1. The quantitative estimate of drug-likeness (QED) is 0.687. The number of pyridine rings is 1. The summed E-state index contributed by atoms with van der Waals surface area (Å²) >= 11 is 0. The molecule has 2 N–H and O–H groups in total. The van der Waals surface area contributed by atoms with Crippen molar-refractivity contribution >= 4 is 10.8 Å². The van der Waals surface area contributed by atoms with Crippen LogP contribution < -0.4 is 5.56 Å². The molecule has 0 unspecified atom stereocenters. The molecular formula is C23H24FNO4. The van der Waals surface area contributed by atoms with Gasteiger partial charge in [0.25, 0.3) is 5.56 Å². The zero-order chi connectivity index (χ0) is 20.4. The van der Waals surface area contributed by atoms with Gasteiger partial charge in [0.2, 0.25) is 0 Å². The lowest BCUT2D eigenvalue weighted by atomic mass is 9.86. The summed E-state index contributed by atoms with van der Waals surface area (Å²) in [7, 11) is 0. The molecule has 6 heteroatoms. The molecule has 5 nitrogen and oxygen atoms in total. The molecule has 0 saturated carbocycles. The van der Waals surface area contributed by atoms with Crippen molar-refractivity contribution in [3.8, 4) is 16.9 Å². The monoisotopic (exact) mass is 397 g/mol. The second-order valence-electron chi connectivity index (χ2n) is 7.42. The first-order chi connectivity index (χ1) is 14.1. The summed E-state index contributed by atoms with van der Waals surface area (Å²) < 4.78 is 20.9. The number of aromatic hydroxyl groups is 1. The van der Waals surface area contributed by atoms with Gasteiger partial charge in [-0.25, -0.2) is 4.39 Å². The highest BCUT2D eigenvalue weighted by Crippen LogP contribution is 2.39. The number of nitrogens with zero attached hydrogens (tertiary/aromatic N) is 1. The van der Waals surface area contributed by atoms with E-state index >= 15 is 0 Å². The molecule has 0 bridgehead atoms. The van der Waals surface area contributed by atoms with Gasteiger partial charge in [-0.1, -0.05) is 12.1 Å². The van der Waals surface area contributed by atoms with Crippen molar-refractivity contribution in [2.24, 2.45) is 0 Å². The van der Waals surface area contributed by atoms with Gasteiger partial charge in [-0.2, -0.15) is 0 Å². The Morgan fingerprint density at radius 3 is 2.48 bits per heavy atom. The fourth-order valence-electron chi connectivity index (χ4n) is 4.22. The predicted octanol–water partition coefficient (Wildman–Crippen LogP) is 3.79. The normalized spacial score (nSPS) is 15.1. The maximum atomic E-state index is 13.6. The first-order valence-corrected chi connectivity index (χ1v) is 9.94. The van der Waals surface area contributed by atoms with Gasteiger partial charge in [-0.05, 0) is 60.5 Å². The summed E-state index contributed by atoms with van der Waals surface area (Å²) in [6.45, 7) is 1.59. The van der Waals surface area contributed by atoms with E-state index in [0.717, 1.165) is 35.0 Å². The van der Waals surface area contributed by atoms with Crippen molar-refractivity contribution in [1.29, 1.82) is 0 Å². The lowest BCUT2D eigenvalue weighted by Crippen LogP contribution is -2.29. The molecule has 1 fully saturated rings. The van der Waals surface area contributed by atoms with Gasteiger partial charge in [-0.3, -0.25) is 4.79 Å². The fourth-order valence-corrected chi connectivity index (χ4v) is 4.22. The van der Waals surface area contributed by atoms with Crippen LogP contribution in [-0.2, 0) is 11.3 Å². The number of aliphatic hydroxyl groups is 1. The Kier molecular flexibility index (Phi) is 5.65. The number of fused-ring (bicyclic) bond motifs is 1. The highest BCUT2D eigenvalue weighted by molar-refractivity contribution is 5.98. The van der Waals surface area contributed by atoms with E-state index in [-0.39, 0.29) is 29.7 Å². The van der Waals surface area contributed by atoms with Crippen LogP contribution in [0.25, 0.3) is 21.9 Å². The predicted molar refractivity (Wildman–Crippen MR) is 110 cm³/mol. The van der Waals surface area contributed by atoms with Crippen LogP contribution in [0.4, 0.5) is 4.39 Å². The summed E-state index contributed by atoms with van der Waals surface area (Å²) in [6, 6.07) is 11.1. The van der Waals surface area contributed by atoms with Gasteiger partial charge in [0.05, 0.1) is 5.39 Å². The van der Waals surface area contributed by atoms with Gasteiger partial charge in [-0.15, -0.1) is 0 Å². The number of aliphatic hydroxyl groups excluding tert-OH is 1. The zero-order valence-electron chi connectivity index (χ0n) is 16.1. The number of phenolic OH excluding ortho intramolecular Hbond substituents is 1. The fraction of sp³-hybridized carbons (Fsp3) is 0.348. The maximum absolute atomic E-state index is 13.6. The molecule has 1 aromatic heterocycles. The van der Waals surface area contributed by atoms with E-state index in [1.54, 1.807) is 28.8 Å². The van der Waals surface area contributed by atoms with E-state index in [1.165, 1.54) is 18.2 Å². The Morgan fingerprint density at radius 2 is 1.79 bits per heavy atom. The molecule has 3 aromatic rings. The lowest BCUT2D eigenvalue weighted by molar-refractivity contribution is 0.0836. The molecule has 152 valence electrons. The van der Waals surface area contributed by atoms with Gasteiger partial charge in [0.15, 0.2) is 0 Å². The number of halogens is 1. The molecule has 0 atom stereocenters. The first-order valence-electron chi connectivity index (χ1n) is 9.94. The lowest BCUT2D eigenvalue weighted by Gasteiger charge is -2.29. The number of benzene rings is 2. The van der Waals surface area contributed by atoms with E-state index in [1.807, 2.05) is 0 Å². The Bertz CT molecular complexity index is 1070. The second-order valence-corrected chi connectivity index (χ2v) is 7.42. The summed E-state index contributed by atoms with van der Waals surface area (Å²) in [6.07, 6.45) is 2.02. The Hall–Kier alpha value is -2.70. The van der Waals surface area contributed by atoms with E-state index in [2.05, 4.69) is 0 Å². The van der Waals surface area contributed by atoms with Crippen LogP contribution in [0.15, 0.2) is 47.3 Å². The van der Waals surface area contributed by atoms with Crippen molar-refractivity contribution in [3.05, 3.63) is 64.3 Å². The van der Waals surface area contributed by atoms with Crippen molar-refractivity contribution in [2.45, 2.75) is 31.7 Å². The minimum atomic E-state index is -0.322. The first kappa shape index (κ1) is 19.6. The Morgan fingerprint density at radius 1 is 1.07 bits per heavy atom. The van der Waals surface area contributed by atoms with Crippen LogP contribution in [-0.4, -0.2) is 34.6 Å². The molecule has 0 amide bonds. The number of rotatable bonds is 5. The Balaban J connectivity index is 2.08. The van der Waals surface area contributed by atoms with Gasteiger partial charge in [0, 0.05) is 43.5 Å². The highest BCUT2D eigenvalue weighted by atomic mass is 19.1. The molecule has 0 aliphatic carbocycles. The third-order valence-electron chi connectivity index (χ3n) is 5.58. The standard InChI is InChI=1S/C23H24FNO4/c24-17-4-2-15(3-5-17)21-19-7-6-18(27)14-20(19)23(28)25(10-1-11-26)22(21)16-8-12-29-13-9-16/h2-7,14,16,26-27H,1,8-13H2. The van der Waals surface area contributed by atoms with Crippen LogP contribution in [0.3, 0.4) is 0 Å². The van der Waals surface area contributed by atoms with Gasteiger partial charge < -0.3 is 19.5 Å². The molecule has 0 radical (unpaired) electrons. The molecule has 1 saturated heterocycles. The van der Waals surface area contributed by atoms with Gasteiger partial charge >= 0.3 is 0 Å². The van der Waals surface area contributed by atoms with Crippen LogP contribution in [0, 0.1) is 5.82 Å². The van der Waals surface area contributed by atoms with Crippen molar-refractivity contribution < 1.29 is 19.3 Å². The third-order valence-corrected chi connectivity index (χ3v) is 5.58. The molecule has 4 rings (SSSR count). The average molecular weight is 397 g/mol. The number of hydrogen-bond donors (Lipinski definition) is 2. The molecule has 2 heterocycles. The van der Waals surface area contributed by atoms with Crippen molar-refractivity contribution in [1.82, 2.24) is 4.57 Å². The van der Waals surface area contributed by atoms with E-state index in [0.29, 0.717) is 31.6 Å². The van der Waals surface area contributed by atoms with Gasteiger partial charge in [0.1, 0.15) is 11.6 Å². The third kappa shape index (κ3) is 3.78. The molecular weight excluding hydrogens is 373 g/mol. The number of aromatic nitrogens is 1. The molecule has 2 aromatic carbocycles. The number of hydrogen-bond acceptors (Lipinski definition) is 4. The zero-order valence-corrected chi connectivity index (χ0v) is 16.1. The summed E-state index contributed by atoms with van der Waals surface area (Å²) in [4.78, 5) is 13.4. The van der Waals surface area contributed by atoms with E-state index in [4.69, 9.17) is 4.74 Å². The SMILES string of the molecule is O=c1c2cc(O)ccc2c(-c2ccc(F)cc2)c(C2CCOCC2)n1CCCO. The second kappa shape index (κ2) is 8.35. The van der Waals surface area contributed by atoms with E-state index < -0.39 is 0 Å². The van der Waals surface area contributed by atoms with Crippen molar-refractivity contribution in [3.63, 3.8) is 0 Å². The maximum Gasteiger partial charge on any atom is 0.258 e. The topological polar surface area (TPSA) is 71.7 Å². The van der Waals surface area contributed by atoms with Crippen LogP contribution in [0.2, 0.25) is 0 Å². The smallest absolute Gasteiger partial charge is 0.258 e. The number of ether oxygens (including phenoxy) is 1. The highest BCUT2D eigenvalue weighted by Gasteiger charge is 2.26. The van der Waals surface area contributed by atoms with Crippen LogP contribution in [0.1, 0.15) is 30.9 Å². The summed E-state index contributed by atoms with van der Waals surface area (Å²) in [5, 5.41) is 20.5. The average Bonchev–Trinajstić information content (AvgIpc) is 2.74. The molecule has 1 aliphatic rings.